The van der Waals surface area contributed by atoms with Gasteiger partial charge in [0.1, 0.15) is 11.6 Å². The quantitative estimate of drug-likeness (QED) is 0.791. The lowest BCUT2D eigenvalue weighted by atomic mass is 10.2. The van der Waals surface area contributed by atoms with Crippen LogP contribution in [-0.2, 0) is 25.0 Å². The van der Waals surface area contributed by atoms with Crippen LogP contribution in [0.25, 0.3) is 0 Å². The predicted octanol–water partition coefficient (Wildman–Crippen LogP) is 1.60. The first kappa shape index (κ1) is 16.4. The van der Waals surface area contributed by atoms with E-state index in [1.54, 1.807) is 11.6 Å². The zero-order valence-corrected chi connectivity index (χ0v) is 12.7. The molecule has 0 aliphatic heterocycles. The number of thioether (sulfide) groups is 1. The van der Waals surface area contributed by atoms with Gasteiger partial charge < -0.3 is 15.0 Å². The fourth-order valence-electron chi connectivity index (χ4n) is 1.80. The summed E-state index contributed by atoms with van der Waals surface area (Å²) in [6.45, 7) is -0.0715. The smallest absolute Gasteiger partial charge is 0.230 e. The maximum Gasteiger partial charge on any atom is 0.230 e. The SMILES string of the molecule is Cn1c(CO)cnc1SCC(=O)NCc1cc(F)cc(F)c1. The second-order valence-corrected chi connectivity index (χ2v) is 5.53. The highest BCUT2D eigenvalue weighted by Gasteiger charge is 2.09. The van der Waals surface area contributed by atoms with Crippen molar-refractivity contribution < 1.29 is 18.7 Å². The van der Waals surface area contributed by atoms with Gasteiger partial charge in [0.25, 0.3) is 0 Å². The van der Waals surface area contributed by atoms with Crippen molar-refractivity contribution in [2.75, 3.05) is 5.75 Å². The number of hydrogen-bond acceptors (Lipinski definition) is 4. The van der Waals surface area contributed by atoms with Gasteiger partial charge in [-0.3, -0.25) is 4.79 Å². The Morgan fingerprint density at radius 3 is 2.64 bits per heavy atom. The van der Waals surface area contributed by atoms with Crippen molar-refractivity contribution in [3.63, 3.8) is 0 Å². The Morgan fingerprint density at radius 1 is 1.36 bits per heavy atom. The summed E-state index contributed by atoms with van der Waals surface area (Å²) in [6.07, 6.45) is 1.54. The molecule has 5 nitrogen and oxygen atoms in total. The first-order valence-electron chi connectivity index (χ1n) is 6.45. The number of aliphatic hydroxyl groups excluding tert-OH is 1. The van der Waals surface area contributed by atoms with Gasteiger partial charge in [0.15, 0.2) is 5.16 Å². The van der Waals surface area contributed by atoms with E-state index >= 15 is 0 Å². The number of nitrogens with one attached hydrogen (secondary N) is 1. The summed E-state index contributed by atoms with van der Waals surface area (Å²) in [5.41, 5.74) is 1.01. The lowest BCUT2D eigenvalue weighted by Gasteiger charge is -2.06. The van der Waals surface area contributed by atoms with Crippen molar-refractivity contribution >= 4 is 17.7 Å². The van der Waals surface area contributed by atoms with Crippen molar-refractivity contribution in [2.24, 2.45) is 7.05 Å². The van der Waals surface area contributed by atoms with Crippen LogP contribution in [0, 0.1) is 11.6 Å². The largest absolute Gasteiger partial charge is 0.390 e. The predicted molar refractivity (Wildman–Crippen MR) is 78.1 cm³/mol. The van der Waals surface area contributed by atoms with Gasteiger partial charge in [-0.25, -0.2) is 13.8 Å². The molecular weight excluding hydrogens is 312 g/mol. The molecule has 0 unspecified atom stereocenters. The van der Waals surface area contributed by atoms with Crippen molar-refractivity contribution in [3.05, 3.63) is 47.3 Å². The molecule has 2 aromatic rings. The number of rotatable bonds is 6. The fraction of sp³-hybridized carbons (Fsp3) is 0.286. The molecule has 0 bridgehead atoms. The van der Waals surface area contributed by atoms with Crippen LogP contribution in [0.4, 0.5) is 8.78 Å². The molecule has 1 heterocycles. The third-order valence-corrected chi connectivity index (χ3v) is 3.99. The van der Waals surface area contributed by atoms with E-state index in [-0.39, 0.29) is 24.8 Å². The summed E-state index contributed by atoms with van der Waals surface area (Å²) in [7, 11) is 1.74. The number of aliphatic hydroxyl groups is 1. The van der Waals surface area contributed by atoms with E-state index in [4.69, 9.17) is 5.11 Å². The molecule has 0 fully saturated rings. The van der Waals surface area contributed by atoms with Gasteiger partial charge in [-0.2, -0.15) is 0 Å². The summed E-state index contributed by atoms with van der Waals surface area (Å²) in [5.74, 6) is -1.51. The van der Waals surface area contributed by atoms with Crippen LogP contribution in [0.1, 0.15) is 11.3 Å². The summed E-state index contributed by atoms with van der Waals surface area (Å²) < 4.78 is 27.7. The van der Waals surface area contributed by atoms with Crippen LogP contribution in [0.15, 0.2) is 29.6 Å². The van der Waals surface area contributed by atoms with Gasteiger partial charge in [-0.1, -0.05) is 11.8 Å². The molecule has 0 aliphatic carbocycles. The molecule has 1 aromatic carbocycles. The lowest BCUT2D eigenvalue weighted by Crippen LogP contribution is -2.24. The van der Waals surface area contributed by atoms with Crippen LogP contribution < -0.4 is 5.32 Å². The molecule has 0 spiro atoms. The van der Waals surface area contributed by atoms with Crippen molar-refractivity contribution in [2.45, 2.75) is 18.3 Å². The van der Waals surface area contributed by atoms with E-state index in [1.165, 1.54) is 30.1 Å². The Balaban J connectivity index is 1.84. The van der Waals surface area contributed by atoms with Crippen LogP contribution in [0.2, 0.25) is 0 Å². The van der Waals surface area contributed by atoms with Crippen LogP contribution >= 0.6 is 11.8 Å². The average molecular weight is 327 g/mol. The Morgan fingerprint density at radius 2 is 2.05 bits per heavy atom. The normalized spacial score (nSPS) is 10.7. The van der Waals surface area contributed by atoms with E-state index < -0.39 is 11.6 Å². The second kappa shape index (κ2) is 7.37. The molecule has 0 radical (unpaired) electrons. The topological polar surface area (TPSA) is 67.1 Å². The molecule has 118 valence electrons. The number of carbonyl (C=O) groups is 1. The molecule has 1 amide bonds. The maximum atomic E-state index is 13.0. The van der Waals surface area contributed by atoms with Crippen LogP contribution in [0.5, 0.6) is 0 Å². The van der Waals surface area contributed by atoms with E-state index in [2.05, 4.69) is 10.3 Å². The Bertz CT molecular complexity index is 656. The van der Waals surface area contributed by atoms with Gasteiger partial charge in [0.2, 0.25) is 5.91 Å². The molecule has 22 heavy (non-hydrogen) atoms. The minimum absolute atomic E-state index is 0.0521. The average Bonchev–Trinajstić information content (AvgIpc) is 2.82. The fourth-order valence-corrected chi connectivity index (χ4v) is 2.60. The molecule has 0 atom stereocenters. The highest BCUT2D eigenvalue weighted by molar-refractivity contribution is 7.99. The third-order valence-electron chi connectivity index (χ3n) is 2.95. The standard InChI is InChI=1S/C14H15F2N3O2S/c1-19-12(7-20)6-18-14(19)22-8-13(21)17-5-9-2-10(15)4-11(16)3-9/h2-4,6,20H,5,7-8H2,1H3,(H,17,21). The zero-order chi connectivity index (χ0) is 16.1. The number of carbonyl (C=O) groups excluding carboxylic acids is 1. The van der Waals surface area contributed by atoms with Crippen molar-refractivity contribution in [3.8, 4) is 0 Å². The first-order chi connectivity index (χ1) is 10.5. The Labute approximate surface area is 130 Å². The Hall–Kier alpha value is -1.93. The minimum Gasteiger partial charge on any atom is -0.390 e. The number of nitrogens with zero attached hydrogens (tertiary/aromatic N) is 2. The van der Waals surface area contributed by atoms with Crippen LogP contribution in [0.3, 0.4) is 0 Å². The number of imidazole rings is 1. The molecule has 0 saturated carbocycles. The lowest BCUT2D eigenvalue weighted by molar-refractivity contribution is -0.118. The summed E-state index contributed by atoms with van der Waals surface area (Å²) in [5, 5.41) is 12.2. The van der Waals surface area contributed by atoms with Crippen molar-refractivity contribution in [1.29, 1.82) is 0 Å². The van der Waals surface area contributed by atoms with Crippen molar-refractivity contribution in [1.82, 2.24) is 14.9 Å². The molecule has 2 N–H and O–H groups in total. The van der Waals surface area contributed by atoms with Gasteiger partial charge >= 0.3 is 0 Å². The van der Waals surface area contributed by atoms with Gasteiger partial charge in [0.05, 0.1) is 24.3 Å². The van der Waals surface area contributed by atoms with Crippen LogP contribution in [-0.4, -0.2) is 26.3 Å². The molecule has 1 aromatic heterocycles. The van der Waals surface area contributed by atoms with Gasteiger partial charge in [-0.15, -0.1) is 0 Å². The first-order valence-corrected chi connectivity index (χ1v) is 7.44. The number of benzene rings is 1. The molecule has 0 saturated heterocycles. The molecule has 2 rings (SSSR count). The van der Waals surface area contributed by atoms with E-state index in [9.17, 15) is 13.6 Å². The van der Waals surface area contributed by atoms with E-state index in [1.807, 2.05) is 0 Å². The summed E-state index contributed by atoms with van der Waals surface area (Å²) >= 11 is 1.21. The second-order valence-electron chi connectivity index (χ2n) is 4.59. The summed E-state index contributed by atoms with van der Waals surface area (Å²) in [6, 6.07) is 3.12. The van der Waals surface area contributed by atoms with Gasteiger partial charge in [-0.05, 0) is 17.7 Å². The zero-order valence-electron chi connectivity index (χ0n) is 11.8. The number of amides is 1. The number of aromatic nitrogens is 2. The minimum atomic E-state index is -0.678. The number of halogens is 2. The highest BCUT2D eigenvalue weighted by Crippen LogP contribution is 2.17. The highest BCUT2D eigenvalue weighted by atomic mass is 32.2. The summed E-state index contributed by atoms with van der Waals surface area (Å²) in [4.78, 5) is 15.8. The van der Waals surface area contributed by atoms with Gasteiger partial charge in [0, 0.05) is 19.7 Å². The third kappa shape index (κ3) is 4.28. The van der Waals surface area contributed by atoms with E-state index in [0.717, 1.165) is 6.07 Å². The monoisotopic (exact) mass is 327 g/mol. The number of hydrogen-bond donors (Lipinski definition) is 2. The molecule has 0 aliphatic rings. The van der Waals surface area contributed by atoms with E-state index in [0.29, 0.717) is 16.4 Å². The Kier molecular flexibility index (Phi) is 5.51. The molecular formula is C14H15F2N3O2S. The maximum absolute atomic E-state index is 13.0. The molecule has 8 heteroatoms.